The van der Waals surface area contributed by atoms with Gasteiger partial charge in [0.2, 0.25) is 0 Å². The summed E-state index contributed by atoms with van der Waals surface area (Å²) in [6, 6.07) is 12.4. The third-order valence-corrected chi connectivity index (χ3v) is 5.09. The summed E-state index contributed by atoms with van der Waals surface area (Å²) in [7, 11) is 0. The van der Waals surface area contributed by atoms with Gasteiger partial charge in [-0.3, -0.25) is 9.89 Å². The van der Waals surface area contributed by atoms with E-state index in [0.29, 0.717) is 6.54 Å². The van der Waals surface area contributed by atoms with Crippen molar-refractivity contribution in [1.29, 1.82) is 0 Å². The first-order valence-electron chi connectivity index (χ1n) is 9.96. The molecular weight excluding hydrogens is 374 g/mol. The Bertz CT molecular complexity index is 711. The number of rotatable bonds is 8. The molecule has 0 saturated carbocycles. The molecule has 1 aromatic heterocycles. The Balaban J connectivity index is 1.66. The minimum atomic E-state index is 0.209. The van der Waals surface area contributed by atoms with Crippen LogP contribution in [0.2, 0.25) is 5.02 Å². The van der Waals surface area contributed by atoms with E-state index in [1.54, 1.807) is 0 Å². The third-order valence-electron chi connectivity index (χ3n) is 4.84. The lowest BCUT2D eigenvalue weighted by Crippen LogP contribution is -2.42. The molecular formula is C21H30ClN5O. The van der Waals surface area contributed by atoms with Crippen LogP contribution in [0.1, 0.15) is 18.5 Å². The summed E-state index contributed by atoms with van der Waals surface area (Å²) < 4.78 is 7.69. The highest BCUT2D eigenvalue weighted by atomic mass is 35.5. The van der Waals surface area contributed by atoms with E-state index in [-0.39, 0.29) is 6.04 Å². The molecule has 1 aliphatic heterocycles. The lowest BCUT2D eigenvalue weighted by atomic mass is 10.0. The molecule has 1 aliphatic rings. The molecule has 0 radical (unpaired) electrons. The van der Waals surface area contributed by atoms with Crippen molar-refractivity contribution in [3.8, 4) is 0 Å². The van der Waals surface area contributed by atoms with Gasteiger partial charge >= 0.3 is 0 Å². The van der Waals surface area contributed by atoms with Crippen LogP contribution in [-0.4, -0.2) is 61.4 Å². The Morgan fingerprint density at radius 1 is 1.14 bits per heavy atom. The van der Waals surface area contributed by atoms with E-state index >= 15 is 0 Å². The third kappa shape index (κ3) is 6.26. The van der Waals surface area contributed by atoms with Crippen molar-refractivity contribution in [1.82, 2.24) is 20.1 Å². The number of aromatic nitrogens is 1. The average Bonchev–Trinajstić information content (AvgIpc) is 3.24. The van der Waals surface area contributed by atoms with Gasteiger partial charge in [-0.1, -0.05) is 23.7 Å². The number of hydrogen-bond donors (Lipinski definition) is 2. The Morgan fingerprint density at radius 3 is 2.54 bits per heavy atom. The van der Waals surface area contributed by atoms with E-state index in [2.05, 4.69) is 51.6 Å². The number of hydrogen-bond acceptors (Lipinski definition) is 3. The molecule has 3 rings (SSSR count). The molecule has 0 spiro atoms. The van der Waals surface area contributed by atoms with Crippen LogP contribution < -0.4 is 10.6 Å². The number of nitrogens with zero attached hydrogens (tertiary/aromatic N) is 3. The van der Waals surface area contributed by atoms with Gasteiger partial charge in [-0.25, -0.2) is 0 Å². The number of aliphatic imine (C=N–C) groups is 1. The molecule has 28 heavy (non-hydrogen) atoms. The van der Waals surface area contributed by atoms with Gasteiger partial charge in [0.05, 0.1) is 25.8 Å². The smallest absolute Gasteiger partial charge is 0.191 e. The Kier molecular flexibility index (Phi) is 8.21. The lowest BCUT2D eigenvalue weighted by Gasteiger charge is -2.34. The maximum Gasteiger partial charge on any atom is 0.191 e. The van der Waals surface area contributed by atoms with Crippen LogP contribution in [0.25, 0.3) is 0 Å². The van der Waals surface area contributed by atoms with Crippen molar-refractivity contribution in [3.63, 3.8) is 0 Å². The summed E-state index contributed by atoms with van der Waals surface area (Å²) in [5, 5.41) is 7.54. The number of guanidine groups is 1. The predicted octanol–water partition coefficient (Wildman–Crippen LogP) is 2.77. The van der Waals surface area contributed by atoms with Gasteiger partial charge < -0.3 is 19.9 Å². The summed E-state index contributed by atoms with van der Waals surface area (Å²) in [5.74, 6) is 0.849. The van der Waals surface area contributed by atoms with Crippen molar-refractivity contribution in [2.45, 2.75) is 19.5 Å². The molecule has 1 saturated heterocycles. The number of benzene rings is 1. The molecule has 2 N–H and O–H groups in total. The zero-order valence-electron chi connectivity index (χ0n) is 16.5. The summed E-state index contributed by atoms with van der Waals surface area (Å²) in [4.78, 5) is 7.32. The molecule has 1 atom stereocenters. The summed E-state index contributed by atoms with van der Waals surface area (Å²) in [6.45, 7) is 8.69. The first kappa shape index (κ1) is 20.7. The van der Waals surface area contributed by atoms with E-state index in [4.69, 9.17) is 21.3 Å². The maximum absolute atomic E-state index is 6.09. The molecule has 1 aromatic carbocycles. The Labute approximate surface area is 172 Å². The predicted molar refractivity (Wildman–Crippen MR) is 115 cm³/mol. The fourth-order valence-corrected chi connectivity index (χ4v) is 3.47. The largest absolute Gasteiger partial charge is 0.379 e. The second kappa shape index (κ2) is 11.1. The van der Waals surface area contributed by atoms with Crippen LogP contribution in [-0.2, 0) is 11.3 Å². The van der Waals surface area contributed by atoms with E-state index in [0.717, 1.165) is 56.9 Å². The molecule has 1 unspecified atom stereocenters. The average molecular weight is 404 g/mol. The van der Waals surface area contributed by atoms with Gasteiger partial charge in [-0.05, 0) is 36.8 Å². The Hall–Kier alpha value is -2.02. The number of morpholine rings is 1. The minimum absolute atomic E-state index is 0.209. The van der Waals surface area contributed by atoms with Crippen LogP contribution in [0.5, 0.6) is 0 Å². The van der Waals surface area contributed by atoms with Gasteiger partial charge in [0.25, 0.3) is 0 Å². The first-order chi connectivity index (χ1) is 13.8. The second-order valence-electron chi connectivity index (χ2n) is 6.78. The van der Waals surface area contributed by atoms with Crippen LogP contribution in [0, 0.1) is 0 Å². The number of nitrogens with one attached hydrogen (secondary N) is 2. The van der Waals surface area contributed by atoms with Gasteiger partial charge in [-0.15, -0.1) is 0 Å². The molecule has 2 heterocycles. The normalized spacial score (nSPS) is 16.7. The van der Waals surface area contributed by atoms with Crippen molar-refractivity contribution in [2.75, 3.05) is 45.9 Å². The SMILES string of the molecule is CCNC(=NCC(c1ccc(Cl)cc1)N1CCOCC1)NCCn1cccc1. The van der Waals surface area contributed by atoms with Crippen LogP contribution in [0.4, 0.5) is 0 Å². The fraction of sp³-hybridized carbons (Fsp3) is 0.476. The van der Waals surface area contributed by atoms with Crippen LogP contribution >= 0.6 is 11.6 Å². The highest BCUT2D eigenvalue weighted by molar-refractivity contribution is 6.30. The number of ether oxygens (including phenoxy) is 1. The molecule has 2 aromatic rings. The van der Waals surface area contributed by atoms with Gasteiger partial charge in [0.1, 0.15) is 0 Å². The zero-order valence-corrected chi connectivity index (χ0v) is 17.2. The quantitative estimate of drug-likeness (QED) is 0.525. The van der Waals surface area contributed by atoms with E-state index in [1.165, 1.54) is 5.56 Å². The molecule has 1 fully saturated rings. The standard InChI is InChI=1S/C21H30ClN5O/c1-2-23-21(24-9-12-26-10-3-4-11-26)25-17-20(27-13-15-28-16-14-27)18-5-7-19(22)8-6-18/h3-8,10-11,20H,2,9,12-17H2,1H3,(H2,23,24,25). The lowest BCUT2D eigenvalue weighted by molar-refractivity contribution is 0.0179. The van der Waals surface area contributed by atoms with Crippen molar-refractivity contribution < 1.29 is 4.74 Å². The second-order valence-corrected chi connectivity index (χ2v) is 7.22. The molecule has 0 amide bonds. The monoisotopic (exact) mass is 403 g/mol. The molecule has 0 bridgehead atoms. The highest BCUT2D eigenvalue weighted by Gasteiger charge is 2.22. The van der Waals surface area contributed by atoms with Crippen molar-refractivity contribution >= 4 is 17.6 Å². The molecule has 7 heteroatoms. The first-order valence-corrected chi connectivity index (χ1v) is 10.3. The van der Waals surface area contributed by atoms with E-state index in [9.17, 15) is 0 Å². The number of halogens is 1. The van der Waals surface area contributed by atoms with Gasteiger partial charge in [0, 0.05) is 50.1 Å². The summed E-state index contributed by atoms with van der Waals surface area (Å²) in [5.41, 5.74) is 1.23. The molecule has 152 valence electrons. The van der Waals surface area contributed by atoms with Gasteiger partial charge in [0.15, 0.2) is 5.96 Å². The zero-order chi connectivity index (χ0) is 19.6. The Morgan fingerprint density at radius 2 is 1.86 bits per heavy atom. The molecule has 6 nitrogen and oxygen atoms in total. The van der Waals surface area contributed by atoms with E-state index in [1.807, 2.05) is 24.3 Å². The minimum Gasteiger partial charge on any atom is -0.379 e. The highest BCUT2D eigenvalue weighted by Crippen LogP contribution is 2.24. The maximum atomic E-state index is 6.09. The fourth-order valence-electron chi connectivity index (χ4n) is 3.35. The topological polar surface area (TPSA) is 53.8 Å². The van der Waals surface area contributed by atoms with Crippen molar-refractivity contribution in [3.05, 3.63) is 59.4 Å². The van der Waals surface area contributed by atoms with Crippen LogP contribution in [0.15, 0.2) is 53.8 Å². The molecule has 0 aliphatic carbocycles. The van der Waals surface area contributed by atoms with Gasteiger partial charge in [-0.2, -0.15) is 0 Å². The summed E-state index contributed by atoms with van der Waals surface area (Å²) in [6.07, 6.45) is 4.14. The summed E-state index contributed by atoms with van der Waals surface area (Å²) >= 11 is 6.09. The van der Waals surface area contributed by atoms with Crippen molar-refractivity contribution in [2.24, 2.45) is 4.99 Å². The van der Waals surface area contributed by atoms with Crippen LogP contribution in [0.3, 0.4) is 0 Å². The van der Waals surface area contributed by atoms with E-state index < -0.39 is 0 Å².